The van der Waals surface area contributed by atoms with E-state index in [1.54, 1.807) is 37.2 Å². The zero-order chi connectivity index (χ0) is 38.8. The summed E-state index contributed by atoms with van der Waals surface area (Å²) in [4.78, 5) is 25.1. The van der Waals surface area contributed by atoms with E-state index >= 15 is 0 Å². The molecule has 4 saturated heterocycles. The van der Waals surface area contributed by atoms with E-state index in [2.05, 4.69) is 29.9 Å². The van der Waals surface area contributed by atoms with Crippen molar-refractivity contribution >= 4 is 18.9 Å². The molecule has 0 N–H and O–H groups in total. The summed E-state index contributed by atoms with van der Waals surface area (Å²) >= 11 is 0. The van der Waals surface area contributed by atoms with Gasteiger partial charge in [-0.1, -0.05) is 36.4 Å². The first kappa shape index (κ1) is 50.0. The number of hydrogen-bond donors (Lipinski definition) is 0. The summed E-state index contributed by atoms with van der Waals surface area (Å²) in [5.41, 5.74) is 5.49. The van der Waals surface area contributed by atoms with Crippen molar-refractivity contribution in [2.75, 3.05) is 52.9 Å². The minimum absolute atomic E-state index is 0. The van der Waals surface area contributed by atoms with Crippen molar-refractivity contribution in [1.82, 2.24) is 29.9 Å². The SMILES string of the molecule is C1CCOC1.C1CCOC1.C1CCOC1.C1CCOC1.[Li].[Mn].c1ccc(-c2ccccn2)nc1.c1ccc(-c2ccccn2)nc1.c1ccc(-c2ccccn2)nc1. The predicted molar refractivity (Wildman–Crippen MR) is 228 cm³/mol. The van der Waals surface area contributed by atoms with Crippen LogP contribution in [-0.2, 0) is 36.0 Å². The van der Waals surface area contributed by atoms with Crippen LogP contribution in [0.2, 0.25) is 0 Å². The second-order valence-corrected chi connectivity index (χ2v) is 12.6. The summed E-state index contributed by atoms with van der Waals surface area (Å²) in [5, 5.41) is 0. The normalized spacial score (nSPS) is 14.3. The Kier molecular flexibility index (Phi) is 30.1. The molecule has 10 heterocycles. The molecule has 0 unspecified atom stereocenters. The molecule has 0 aromatic carbocycles. The van der Waals surface area contributed by atoms with Gasteiger partial charge in [0.05, 0.1) is 34.2 Å². The van der Waals surface area contributed by atoms with E-state index in [0.29, 0.717) is 0 Å². The molecule has 4 fully saturated rings. The van der Waals surface area contributed by atoms with Crippen molar-refractivity contribution in [3.63, 3.8) is 0 Å². The molecule has 58 heavy (non-hydrogen) atoms. The summed E-state index contributed by atoms with van der Waals surface area (Å²) < 4.78 is 19.8. The van der Waals surface area contributed by atoms with Crippen molar-refractivity contribution in [2.24, 2.45) is 0 Å². The largest absolute Gasteiger partial charge is 0.381 e. The van der Waals surface area contributed by atoms with Crippen molar-refractivity contribution in [3.05, 3.63) is 146 Å². The monoisotopic (exact) mass is 818 g/mol. The molecular formula is C46H56LiMnN6O4. The van der Waals surface area contributed by atoms with E-state index in [4.69, 9.17) is 18.9 Å². The molecule has 0 bridgehead atoms. The minimum Gasteiger partial charge on any atom is -0.381 e. The van der Waals surface area contributed by atoms with Gasteiger partial charge >= 0.3 is 0 Å². The third-order valence-corrected chi connectivity index (χ3v) is 8.09. The summed E-state index contributed by atoms with van der Waals surface area (Å²) in [5.74, 6) is 0. The van der Waals surface area contributed by atoms with Gasteiger partial charge in [-0.15, -0.1) is 0 Å². The molecule has 4 aliphatic heterocycles. The topological polar surface area (TPSA) is 114 Å². The van der Waals surface area contributed by atoms with E-state index in [9.17, 15) is 0 Å². The zero-order valence-corrected chi connectivity index (χ0v) is 35.0. The maximum absolute atomic E-state index is 4.94. The molecule has 0 aliphatic carbocycles. The molecule has 302 valence electrons. The number of hydrogen-bond acceptors (Lipinski definition) is 10. The molecule has 6 aromatic heterocycles. The van der Waals surface area contributed by atoms with E-state index in [0.717, 1.165) is 87.0 Å². The summed E-state index contributed by atoms with van der Waals surface area (Å²) in [6.45, 7) is 8.00. The molecule has 0 atom stereocenters. The standard InChI is InChI=1S/3C10H8N2.4C4H8O.Li.Mn/c3*1-3-7-11-9(5-1)10-6-2-4-8-12-10;4*1-2-4-5-3-1;;/h3*1-8H;4*1-4H2;;. The van der Waals surface area contributed by atoms with Gasteiger partial charge in [-0.2, -0.15) is 0 Å². The predicted octanol–water partition coefficient (Wildman–Crippen LogP) is 9.23. The number of pyridine rings is 6. The molecule has 12 heteroatoms. The van der Waals surface area contributed by atoms with Crippen LogP contribution < -0.4 is 0 Å². The van der Waals surface area contributed by atoms with Crippen molar-refractivity contribution in [1.29, 1.82) is 0 Å². The first-order valence-corrected chi connectivity index (χ1v) is 19.7. The Balaban J connectivity index is 0.000000241. The van der Waals surface area contributed by atoms with Gasteiger partial charge in [0, 0.05) is 126 Å². The van der Waals surface area contributed by atoms with Crippen LogP contribution in [0.1, 0.15) is 51.4 Å². The molecule has 0 amide bonds. The number of aromatic nitrogens is 6. The number of rotatable bonds is 3. The summed E-state index contributed by atoms with van der Waals surface area (Å²) in [6.07, 6.45) is 20.8. The molecule has 2 radical (unpaired) electrons. The van der Waals surface area contributed by atoms with Crippen LogP contribution >= 0.6 is 0 Å². The summed E-state index contributed by atoms with van der Waals surface area (Å²) in [6, 6.07) is 34.8. The Morgan fingerprint density at radius 2 is 0.414 bits per heavy atom. The van der Waals surface area contributed by atoms with Crippen LogP contribution in [0, 0.1) is 0 Å². The van der Waals surface area contributed by atoms with Crippen LogP contribution in [0.4, 0.5) is 0 Å². The van der Waals surface area contributed by atoms with Crippen molar-refractivity contribution in [2.45, 2.75) is 51.4 Å². The smallest absolute Gasteiger partial charge is 0.0886 e. The zero-order valence-electron chi connectivity index (χ0n) is 33.9. The maximum Gasteiger partial charge on any atom is 0.0886 e. The molecular weight excluding hydrogens is 762 g/mol. The Hall–Kier alpha value is -4.14. The van der Waals surface area contributed by atoms with Gasteiger partial charge in [0.25, 0.3) is 0 Å². The summed E-state index contributed by atoms with van der Waals surface area (Å²) in [7, 11) is 0. The molecule has 0 spiro atoms. The first-order chi connectivity index (χ1) is 27.9. The van der Waals surface area contributed by atoms with Gasteiger partial charge in [0.2, 0.25) is 0 Å². The second-order valence-electron chi connectivity index (χ2n) is 12.6. The van der Waals surface area contributed by atoms with Crippen LogP contribution in [0.15, 0.2) is 146 Å². The van der Waals surface area contributed by atoms with Crippen LogP contribution in [0.3, 0.4) is 0 Å². The van der Waals surface area contributed by atoms with Crippen LogP contribution in [0.5, 0.6) is 0 Å². The molecule has 10 rings (SSSR count). The Bertz CT molecular complexity index is 1380. The number of nitrogens with zero attached hydrogens (tertiary/aromatic N) is 6. The van der Waals surface area contributed by atoms with Gasteiger partial charge in [-0.25, -0.2) is 0 Å². The van der Waals surface area contributed by atoms with Crippen molar-refractivity contribution < 1.29 is 36.0 Å². The average molecular weight is 819 g/mol. The van der Waals surface area contributed by atoms with Gasteiger partial charge in [-0.05, 0) is 124 Å². The van der Waals surface area contributed by atoms with Gasteiger partial charge in [0.1, 0.15) is 0 Å². The van der Waals surface area contributed by atoms with Gasteiger partial charge in [0.15, 0.2) is 0 Å². The van der Waals surface area contributed by atoms with Crippen molar-refractivity contribution in [3.8, 4) is 34.2 Å². The van der Waals surface area contributed by atoms with Crippen LogP contribution in [0.25, 0.3) is 34.2 Å². The fourth-order valence-electron chi connectivity index (χ4n) is 5.13. The van der Waals surface area contributed by atoms with Gasteiger partial charge < -0.3 is 18.9 Å². The third-order valence-electron chi connectivity index (χ3n) is 8.09. The average Bonchev–Trinajstić information content (AvgIpc) is 4.17. The minimum atomic E-state index is 0. The molecule has 6 aromatic rings. The second kappa shape index (κ2) is 34.9. The fraction of sp³-hybridized carbons (Fsp3) is 0.348. The number of ether oxygens (including phenoxy) is 4. The Morgan fingerprint density at radius 3 is 0.500 bits per heavy atom. The van der Waals surface area contributed by atoms with E-state index in [-0.39, 0.29) is 35.9 Å². The van der Waals surface area contributed by atoms with E-state index in [1.807, 2.05) is 109 Å². The van der Waals surface area contributed by atoms with Crippen LogP contribution in [-0.4, -0.2) is 102 Å². The van der Waals surface area contributed by atoms with Gasteiger partial charge in [-0.3, -0.25) is 29.9 Å². The molecule has 0 saturated carbocycles. The maximum atomic E-state index is 4.94. The third kappa shape index (κ3) is 23.3. The first-order valence-electron chi connectivity index (χ1n) is 19.7. The Morgan fingerprint density at radius 1 is 0.259 bits per heavy atom. The Labute approximate surface area is 367 Å². The molecule has 4 aliphatic rings. The quantitative estimate of drug-likeness (QED) is 0.160. The molecule has 10 nitrogen and oxygen atoms in total. The van der Waals surface area contributed by atoms with E-state index in [1.165, 1.54) is 51.4 Å². The van der Waals surface area contributed by atoms with E-state index < -0.39 is 0 Å². The fourth-order valence-corrected chi connectivity index (χ4v) is 5.13.